The fourth-order valence-corrected chi connectivity index (χ4v) is 1.77. The van der Waals surface area contributed by atoms with Crippen LogP contribution >= 0.6 is 36.0 Å². The van der Waals surface area contributed by atoms with Crippen molar-refractivity contribution >= 4 is 41.7 Å². The first-order chi connectivity index (χ1) is 6.56. The van der Waals surface area contributed by atoms with Gasteiger partial charge in [0.05, 0.1) is 4.92 Å². The molecule has 0 aliphatic carbocycles. The number of nitro groups is 1. The predicted octanol–water partition coefficient (Wildman–Crippen LogP) is 1.90. The minimum Gasteiger partial charge on any atom is -0.258 e. The molecule has 0 N–H and O–H groups in total. The van der Waals surface area contributed by atoms with Gasteiger partial charge >= 0.3 is 5.69 Å². The van der Waals surface area contributed by atoms with Crippen LogP contribution in [0.2, 0.25) is 5.15 Å². The molecule has 0 saturated carbocycles. The molecule has 1 aromatic rings. The van der Waals surface area contributed by atoms with Crippen molar-refractivity contribution in [2.45, 2.75) is 10.2 Å². The highest BCUT2D eigenvalue weighted by Crippen LogP contribution is 2.32. The fourth-order valence-electron chi connectivity index (χ4n) is 0.666. The number of thioether (sulfide) groups is 1. The molecule has 0 saturated heterocycles. The Morgan fingerprint density at radius 2 is 2.29 bits per heavy atom. The Bertz CT molecular complexity index is 432. The second-order valence-corrected chi connectivity index (χ2v) is 3.45. The summed E-state index contributed by atoms with van der Waals surface area (Å²) in [6.07, 6.45) is 0. The number of aromatic nitrogens is 2. The third kappa shape index (κ3) is 2.25. The number of nitriles is 1. The quantitative estimate of drug-likeness (QED) is 0.163. The lowest BCUT2D eigenvalue weighted by atomic mass is 10.5. The van der Waals surface area contributed by atoms with Gasteiger partial charge in [-0.05, 0) is 0 Å². The molecule has 1 heterocycles. The van der Waals surface area contributed by atoms with Crippen LogP contribution in [-0.2, 0) is 0 Å². The van der Waals surface area contributed by atoms with Crippen molar-refractivity contribution in [3.05, 3.63) is 15.3 Å². The Labute approximate surface area is 92.9 Å². The summed E-state index contributed by atoms with van der Waals surface area (Å²) in [5.41, 5.74) is -0.476. The van der Waals surface area contributed by atoms with E-state index < -0.39 is 10.6 Å². The molecule has 9 heteroatoms. The van der Waals surface area contributed by atoms with Gasteiger partial charge in [-0.2, -0.15) is 5.26 Å². The van der Waals surface area contributed by atoms with Gasteiger partial charge in [-0.1, -0.05) is 11.6 Å². The van der Waals surface area contributed by atoms with E-state index in [1.807, 2.05) is 0 Å². The van der Waals surface area contributed by atoms with Crippen molar-refractivity contribution in [2.75, 3.05) is 0 Å². The summed E-state index contributed by atoms with van der Waals surface area (Å²) in [6, 6.07) is 0. The lowest BCUT2D eigenvalue weighted by Gasteiger charge is -1.98. The Morgan fingerprint density at radius 1 is 1.64 bits per heavy atom. The molecular formula is C5HClN4O2S2. The van der Waals surface area contributed by atoms with Gasteiger partial charge in [0.15, 0.2) is 10.2 Å². The highest BCUT2D eigenvalue weighted by atomic mass is 35.5. The van der Waals surface area contributed by atoms with Gasteiger partial charge in [-0.15, -0.1) is 12.6 Å². The summed E-state index contributed by atoms with van der Waals surface area (Å²) >= 11 is 9.82. The molecule has 0 bridgehead atoms. The Hall–Kier alpha value is -1.04. The molecule has 1 rings (SSSR count). The molecule has 72 valence electrons. The lowest BCUT2D eigenvalue weighted by molar-refractivity contribution is -0.388. The number of halogens is 1. The van der Waals surface area contributed by atoms with Crippen LogP contribution in [0.15, 0.2) is 10.2 Å². The van der Waals surface area contributed by atoms with Gasteiger partial charge < -0.3 is 0 Å². The van der Waals surface area contributed by atoms with Crippen molar-refractivity contribution in [3.63, 3.8) is 0 Å². The molecule has 14 heavy (non-hydrogen) atoms. The van der Waals surface area contributed by atoms with Gasteiger partial charge in [-0.3, -0.25) is 10.1 Å². The van der Waals surface area contributed by atoms with Crippen LogP contribution in [0, 0.1) is 20.8 Å². The van der Waals surface area contributed by atoms with Crippen LogP contribution in [0.5, 0.6) is 0 Å². The van der Waals surface area contributed by atoms with E-state index >= 15 is 0 Å². The second-order valence-electron chi connectivity index (χ2n) is 1.92. The minimum atomic E-state index is -0.741. The Morgan fingerprint density at radius 3 is 2.79 bits per heavy atom. The van der Waals surface area contributed by atoms with E-state index in [4.69, 9.17) is 16.9 Å². The van der Waals surface area contributed by atoms with E-state index in [9.17, 15) is 10.1 Å². The second kappa shape index (κ2) is 4.45. The van der Waals surface area contributed by atoms with E-state index in [1.165, 1.54) is 0 Å². The normalized spacial score (nSPS) is 9.50. The number of rotatable bonds is 2. The van der Waals surface area contributed by atoms with Crippen LogP contribution in [0.3, 0.4) is 0 Å². The number of nitrogens with zero attached hydrogens (tertiary/aromatic N) is 4. The highest BCUT2D eigenvalue weighted by molar-refractivity contribution is 8.03. The average Bonchev–Trinajstić information content (AvgIpc) is 2.01. The summed E-state index contributed by atoms with van der Waals surface area (Å²) in [5.74, 6) is 0. The van der Waals surface area contributed by atoms with Crippen molar-refractivity contribution in [1.82, 2.24) is 9.97 Å². The molecule has 1 aromatic heterocycles. The van der Waals surface area contributed by atoms with Gasteiger partial charge in [0.1, 0.15) is 5.40 Å². The highest BCUT2D eigenvalue weighted by Gasteiger charge is 2.23. The van der Waals surface area contributed by atoms with Gasteiger partial charge in [0.2, 0.25) is 5.15 Å². The summed E-state index contributed by atoms with van der Waals surface area (Å²) in [7, 11) is 0. The largest absolute Gasteiger partial charge is 0.339 e. The number of hydrogen-bond donors (Lipinski definition) is 1. The summed E-state index contributed by atoms with van der Waals surface area (Å²) in [5, 5.41) is 20.1. The van der Waals surface area contributed by atoms with Crippen molar-refractivity contribution in [1.29, 1.82) is 5.26 Å². The van der Waals surface area contributed by atoms with Crippen LogP contribution in [0.1, 0.15) is 0 Å². The molecule has 0 fully saturated rings. The van der Waals surface area contributed by atoms with Crippen LogP contribution in [0.4, 0.5) is 5.69 Å². The molecular weight excluding hydrogens is 248 g/mol. The molecule has 0 radical (unpaired) electrons. The van der Waals surface area contributed by atoms with E-state index in [0.717, 1.165) is 0 Å². The Kier molecular flexibility index (Phi) is 3.51. The van der Waals surface area contributed by atoms with Gasteiger partial charge in [0, 0.05) is 11.8 Å². The molecule has 0 amide bonds. The SMILES string of the molecule is N#CSc1nc(S)nc(Cl)c1[N+](=O)[O-]. The molecule has 0 unspecified atom stereocenters. The van der Waals surface area contributed by atoms with E-state index in [-0.39, 0.29) is 15.3 Å². The summed E-state index contributed by atoms with van der Waals surface area (Å²) in [6.45, 7) is 0. The Balaban J connectivity index is 3.38. The molecule has 6 nitrogen and oxygen atoms in total. The maximum atomic E-state index is 10.5. The van der Waals surface area contributed by atoms with Crippen LogP contribution in [-0.4, -0.2) is 14.9 Å². The van der Waals surface area contributed by atoms with Crippen molar-refractivity contribution in [3.8, 4) is 5.40 Å². The lowest BCUT2D eigenvalue weighted by Crippen LogP contribution is -1.97. The third-order valence-corrected chi connectivity index (χ3v) is 2.16. The van der Waals surface area contributed by atoms with E-state index in [2.05, 4.69) is 22.6 Å². The minimum absolute atomic E-state index is 0.0154. The molecule has 0 spiro atoms. The zero-order chi connectivity index (χ0) is 10.7. The van der Waals surface area contributed by atoms with Crippen LogP contribution in [0.25, 0.3) is 0 Å². The summed E-state index contributed by atoms with van der Waals surface area (Å²) < 4.78 is 0. The molecule has 0 aliphatic rings. The fraction of sp³-hybridized carbons (Fsp3) is 0. The van der Waals surface area contributed by atoms with Crippen molar-refractivity contribution < 1.29 is 4.92 Å². The van der Waals surface area contributed by atoms with E-state index in [0.29, 0.717) is 11.8 Å². The monoisotopic (exact) mass is 248 g/mol. The van der Waals surface area contributed by atoms with E-state index in [1.54, 1.807) is 5.40 Å². The molecule has 0 atom stereocenters. The maximum absolute atomic E-state index is 10.5. The molecule has 0 aromatic carbocycles. The standard InChI is InChI=1S/C5HClN4O2S2/c6-3-2(10(11)12)4(14-1-7)9-5(13)8-3/h(H,8,9,13). The van der Waals surface area contributed by atoms with Gasteiger partial charge in [0.25, 0.3) is 0 Å². The third-order valence-electron chi connectivity index (χ3n) is 1.12. The zero-order valence-electron chi connectivity index (χ0n) is 6.34. The zero-order valence-corrected chi connectivity index (χ0v) is 8.81. The first-order valence-corrected chi connectivity index (χ1v) is 4.67. The first-order valence-electron chi connectivity index (χ1n) is 3.03. The summed E-state index contributed by atoms with van der Waals surface area (Å²) in [4.78, 5) is 16.9. The number of thiocyanates is 1. The van der Waals surface area contributed by atoms with Gasteiger partial charge in [-0.25, -0.2) is 9.97 Å². The van der Waals surface area contributed by atoms with Crippen LogP contribution < -0.4 is 0 Å². The molecule has 0 aliphatic heterocycles. The maximum Gasteiger partial charge on any atom is 0.339 e. The number of thiol groups is 1. The predicted molar refractivity (Wildman–Crippen MR) is 52.4 cm³/mol. The number of hydrogen-bond acceptors (Lipinski definition) is 7. The first kappa shape index (κ1) is 11.0. The average molecular weight is 249 g/mol. The smallest absolute Gasteiger partial charge is 0.258 e. The van der Waals surface area contributed by atoms with Crippen molar-refractivity contribution in [2.24, 2.45) is 0 Å². The topological polar surface area (TPSA) is 92.7 Å².